The van der Waals surface area contributed by atoms with Crippen LogP contribution >= 0.6 is 0 Å². The van der Waals surface area contributed by atoms with Gasteiger partial charge in [-0.2, -0.15) is 21.6 Å². The molecule has 1 aliphatic rings. The highest BCUT2D eigenvalue weighted by Crippen LogP contribution is 2.33. The normalized spacial score (nSPS) is 29.4. The Morgan fingerprint density at radius 3 is 2.21 bits per heavy atom. The molecule has 0 amide bonds. The zero-order valence-corrected chi connectivity index (χ0v) is 7.74. The summed E-state index contributed by atoms with van der Waals surface area (Å²) in [5, 5.41) is 0. The minimum atomic E-state index is -4.77. The van der Waals surface area contributed by atoms with E-state index in [4.69, 9.17) is 0 Å². The summed E-state index contributed by atoms with van der Waals surface area (Å²) in [6.07, 6.45) is -8.06. The third-order valence-electron chi connectivity index (χ3n) is 1.86. The fourth-order valence-corrected chi connectivity index (χ4v) is 1.98. The molecule has 1 saturated heterocycles. The molecular formula is C6H8F4O3S. The number of hydrogen-bond acceptors (Lipinski definition) is 3. The third kappa shape index (κ3) is 3.41. The van der Waals surface area contributed by atoms with Gasteiger partial charge >= 0.3 is 16.4 Å². The van der Waals surface area contributed by atoms with Gasteiger partial charge in [-0.3, -0.25) is 0 Å². The van der Waals surface area contributed by atoms with Gasteiger partial charge in [-0.15, -0.1) is 3.89 Å². The highest BCUT2D eigenvalue weighted by Gasteiger charge is 2.46. The van der Waals surface area contributed by atoms with E-state index in [1.54, 1.807) is 0 Å². The first-order valence-electron chi connectivity index (χ1n) is 3.83. The van der Waals surface area contributed by atoms with Crippen molar-refractivity contribution in [2.75, 3.05) is 5.75 Å². The second-order valence-electron chi connectivity index (χ2n) is 3.07. The van der Waals surface area contributed by atoms with E-state index < -0.39 is 34.4 Å². The van der Waals surface area contributed by atoms with Gasteiger partial charge in [0.1, 0.15) is 5.75 Å². The Morgan fingerprint density at radius 2 is 1.86 bits per heavy atom. The van der Waals surface area contributed by atoms with Crippen LogP contribution in [0.25, 0.3) is 0 Å². The lowest BCUT2D eigenvalue weighted by atomic mass is 10.2. The van der Waals surface area contributed by atoms with Gasteiger partial charge in [0.15, 0.2) is 6.10 Å². The maximum Gasteiger partial charge on any atom is 0.414 e. The fourth-order valence-electron chi connectivity index (χ4n) is 1.29. The highest BCUT2D eigenvalue weighted by atomic mass is 32.3. The third-order valence-corrected chi connectivity index (χ3v) is 2.63. The van der Waals surface area contributed by atoms with E-state index in [1.807, 2.05) is 0 Å². The van der Waals surface area contributed by atoms with Crippen molar-refractivity contribution in [1.29, 1.82) is 0 Å². The summed E-state index contributed by atoms with van der Waals surface area (Å²) in [6, 6.07) is 0. The molecule has 0 N–H and O–H groups in total. The molecule has 0 aliphatic carbocycles. The first-order chi connectivity index (χ1) is 6.18. The SMILES string of the molecule is O=S(=O)(F)CC1CCC(C(F)(F)F)O1. The van der Waals surface area contributed by atoms with Crippen molar-refractivity contribution >= 4 is 10.2 Å². The summed E-state index contributed by atoms with van der Waals surface area (Å²) >= 11 is 0. The Hall–Kier alpha value is -0.370. The molecule has 0 aromatic carbocycles. The fraction of sp³-hybridized carbons (Fsp3) is 1.00. The zero-order valence-electron chi connectivity index (χ0n) is 6.92. The molecular weight excluding hydrogens is 228 g/mol. The number of ether oxygens (including phenoxy) is 1. The lowest BCUT2D eigenvalue weighted by Gasteiger charge is -2.15. The van der Waals surface area contributed by atoms with Crippen molar-refractivity contribution in [1.82, 2.24) is 0 Å². The Kier molecular flexibility index (Phi) is 3.05. The molecule has 3 nitrogen and oxygen atoms in total. The Morgan fingerprint density at radius 1 is 1.29 bits per heavy atom. The van der Waals surface area contributed by atoms with Gasteiger partial charge in [0.25, 0.3) is 0 Å². The van der Waals surface area contributed by atoms with Crippen LogP contribution in [0.4, 0.5) is 17.1 Å². The topological polar surface area (TPSA) is 43.4 Å². The van der Waals surface area contributed by atoms with Crippen molar-refractivity contribution in [3.05, 3.63) is 0 Å². The largest absolute Gasteiger partial charge is 0.414 e. The van der Waals surface area contributed by atoms with Crippen LogP contribution in [0.3, 0.4) is 0 Å². The van der Waals surface area contributed by atoms with E-state index >= 15 is 0 Å². The van der Waals surface area contributed by atoms with Gasteiger partial charge in [-0.05, 0) is 12.8 Å². The van der Waals surface area contributed by atoms with Gasteiger partial charge in [-0.1, -0.05) is 0 Å². The lowest BCUT2D eigenvalue weighted by Crippen LogP contribution is -2.30. The second kappa shape index (κ2) is 3.65. The van der Waals surface area contributed by atoms with Crippen LogP contribution in [0.1, 0.15) is 12.8 Å². The molecule has 0 aromatic rings. The summed E-state index contributed by atoms with van der Waals surface area (Å²) in [6.45, 7) is 0. The van der Waals surface area contributed by atoms with E-state index in [9.17, 15) is 25.5 Å². The molecule has 0 saturated carbocycles. The predicted molar refractivity (Wildman–Crippen MR) is 38.8 cm³/mol. The maximum absolute atomic E-state index is 12.1. The highest BCUT2D eigenvalue weighted by molar-refractivity contribution is 7.86. The van der Waals surface area contributed by atoms with Gasteiger partial charge < -0.3 is 4.74 Å². The Bertz CT molecular complexity index is 297. The van der Waals surface area contributed by atoms with Crippen molar-refractivity contribution in [3.63, 3.8) is 0 Å². The van der Waals surface area contributed by atoms with Gasteiger partial charge in [0.05, 0.1) is 6.10 Å². The van der Waals surface area contributed by atoms with Crippen LogP contribution in [-0.2, 0) is 15.0 Å². The minimum absolute atomic E-state index is 0.0900. The number of halogens is 4. The molecule has 2 atom stereocenters. The van der Waals surface area contributed by atoms with Crippen molar-refractivity contribution in [2.24, 2.45) is 0 Å². The molecule has 1 heterocycles. The molecule has 8 heteroatoms. The minimum Gasteiger partial charge on any atom is -0.364 e. The first kappa shape index (κ1) is 11.7. The monoisotopic (exact) mass is 236 g/mol. The molecule has 14 heavy (non-hydrogen) atoms. The van der Waals surface area contributed by atoms with Gasteiger partial charge in [0, 0.05) is 0 Å². The van der Waals surface area contributed by atoms with Crippen molar-refractivity contribution in [3.8, 4) is 0 Å². The van der Waals surface area contributed by atoms with Crippen LogP contribution in [-0.4, -0.2) is 32.6 Å². The zero-order chi connectivity index (χ0) is 11.0. The molecule has 1 aliphatic heterocycles. The van der Waals surface area contributed by atoms with E-state index in [0.29, 0.717) is 0 Å². The van der Waals surface area contributed by atoms with Crippen LogP contribution < -0.4 is 0 Å². The molecule has 0 bridgehead atoms. The summed E-state index contributed by atoms with van der Waals surface area (Å²) in [7, 11) is -4.77. The average molecular weight is 236 g/mol. The standard InChI is InChI=1S/C6H8F4O3S/c7-6(8,9)5-2-1-4(13-5)3-14(10,11)12/h4-5H,1-3H2. The van der Waals surface area contributed by atoms with Crippen LogP contribution in [0.5, 0.6) is 0 Å². The molecule has 0 spiro atoms. The number of alkyl halides is 3. The molecule has 0 aromatic heterocycles. The Labute approximate surface area is 78.3 Å². The van der Waals surface area contributed by atoms with Crippen LogP contribution in [0, 0.1) is 0 Å². The average Bonchev–Trinajstić information content (AvgIpc) is 2.29. The molecule has 1 fully saturated rings. The quantitative estimate of drug-likeness (QED) is 0.537. The Balaban J connectivity index is 2.50. The van der Waals surface area contributed by atoms with Crippen LogP contribution in [0.2, 0.25) is 0 Å². The van der Waals surface area contributed by atoms with Crippen molar-refractivity contribution in [2.45, 2.75) is 31.2 Å². The smallest absolute Gasteiger partial charge is 0.364 e. The summed E-state index contributed by atoms with van der Waals surface area (Å²) < 4.78 is 72.7. The maximum atomic E-state index is 12.1. The predicted octanol–water partition coefficient (Wildman–Crippen LogP) is 1.40. The second-order valence-corrected chi connectivity index (χ2v) is 4.48. The number of hydrogen-bond donors (Lipinski definition) is 0. The summed E-state index contributed by atoms with van der Waals surface area (Å²) in [5.41, 5.74) is 0. The van der Waals surface area contributed by atoms with Crippen LogP contribution in [0.15, 0.2) is 0 Å². The van der Waals surface area contributed by atoms with Gasteiger partial charge in [0.2, 0.25) is 0 Å². The molecule has 0 radical (unpaired) electrons. The lowest BCUT2D eigenvalue weighted by molar-refractivity contribution is -0.213. The molecule has 84 valence electrons. The van der Waals surface area contributed by atoms with E-state index in [2.05, 4.69) is 4.74 Å². The molecule has 1 rings (SSSR count). The van der Waals surface area contributed by atoms with Crippen molar-refractivity contribution < 1.29 is 30.2 Å². The summed E-state index contributed by atoms with van der Waals surface area (Å²) in [5.74, 6) is -1.00. The first-order valence-corrected chi connectivity index (χ1v) is 5.38. The van der Waals surface area contributed by atoms with Gasteiger partial charge in [-0.25, -0.2) is 0 Å². The summed E-state index contributed by atoms with van der Waals surface area (Å²) in [4.78, 5) is 0. The molecule has 2 unspecified atom stereocenters. The number of rotatable bonds is 2. The van der Waals surface area contributed by atoms with E-state index in [1.165, 1.54) is 0 Å². The van der Waals surface area contributed by atoms with E-state index in [0.717, 1.165) is 0 Å². The van der Waals surface area contributed by atoms with E-state index in [-0.39, 0.29) is 12.8 Å².